The number of benzene rings is 1. The van der Waals surface area contributed by atoms with E-state index in [9.17, 15) is 9.59 Å². The number of ketones is 1. The fourth-order valence-electron chi connectivity index (χ4n) is 2.87. The van der Waals surface area contributed by atoms with Gasteiger partial charge in [-0.2, -0.15) is 5.10 Å². The molecule has 0 saturated heterocycles. The molecule has 6 nitrogen and oxygen atoms in total. The smallest absolute Gasteiger partial charge is 0.344 e. The first-order valence-corrected chi connectivity index (χ1v) is 7.79. The first-order chi connectivity index (χ1) is 11.5. The zero-order valence-electron chi connectivity index (χ0n) is 14.1. The van der Waals surface area contributed by atoms with Crippen molar-refractivity contribution >= 4 is 5.78 Å². The molecule has 1 aromatic carbocycles. The quantitative estimate of drug-likeness (QED) is 0.674. The van der Waals surface area contributed by atoms with E-state index in [4.69, 9.17) is 0 Å². The maximum absolute atomic E-state index is 12.6. The maximum atomic E-state index is 12.6. The molecule has 0 spiro atoms. The van der Waals surface area contributed by atoms with Crippen molar-refractivity contribution in [1.29, 1.82) is 0 Å². The van der Waals surface area contributed by atoms with Crippen molar-refractivity contribution in [3.8, 4) is 0 Å². The molecule has 6 heteroatoms. The standard InChI is InChI=1S/C18H20N4O2/c1-13-9-16(17(23)11-21-12-19-20(3)18(21)24)14(2)22(13)10-15-7-5-4-6-8-15/h4-9,12H,10-11H2,1-3H3. The van der Waals surface area contributed by atoms with Gasteiger partial charge < -0.3 is 4.57 Å². The average molecular weight is 324 g/mol. The first-order valence-electron chi connectivity index (χ1n) is 7.79. The normalized spacial score (nSPS) is 11.0. The highest BCUT2D eigenvalue weighted by atomic mass is 16.2. The fraction of sp³-hybridized carbons (Fsp3) is 0.278. The minimum Gasteiger partial charge on any atom is -0.344 e. The number of nitrogens with zero attached hydrogens (tertiary/aromatic N) is 4. The fourth-order valence-corrected chi connectivity index (χ4v) is 2.87. The lowest BCUT2D eigenvalue weighted by atomic mass is 10.1. The summed E-state index contributed by atoms with van der Waals surface area (Å²) in [6.45, 7) is 4.65. The van der Waals surface area contributed by atoms with Crippen LogP contribution in [0, 0.1) is 13.8 Å². The summed E-state index contributed by atoms with van der Waals surface area (Å²) < 4.78 is 4.66. The van der Waals surface area contributed by atoms with Gasteiger partial charge in [0.1, 0.15) is 6.33 Å². The molecular formula is C18H20N4O2. The molecule has 0 N–H and O–H groups in total. The average Bonchev–Trinajstić information content (AvgIpc) is 3.03. The topological polar surface area (TPSA) is 61.8 Å². The number of aryl methyl sites for hydroxylation is 2. The Balaban J connectivity index is 1.87. The Morgan fingerprint density at radius 2 is 1.88 bits per heavy atom. The predicted octanol–water partition coefficient (Wildman–Crippen LogP) is 1.93. The molecule has 0 atom stereocenters. The molecule has 0 unspecified atom stereocenters. The highest BCUT2D eigenvalue weighted by Crippen LogP contribution is 2.18. The van der Waals surface area contributed by atoms with Gasteiger partial charge in [-0.05, 0) is 25.5 Å². The largest absolute Gasteiger partial charge is 0.345 e. The summed E-state index contributed by atoms with van der Waals surface area (Å²) in [5.74, 6) is -0.0856. The molecule has 0 aliphatic carbocycles. The molecular weight excluding hydrogens is 304 g/mol. The van der Waals surface area contributed by atoms with Gasteiger partial charge in [0.05, 0.1) is 6.54 Å². The Morgan fingerprint density at radius 1 is 1.17 bits per heavy atom. The maximum Gasteiger partial charge on any atom is 0.345 e. The number of carbonyl (C=O) groups is 1. The number of aromatic nitrogens is 4. The Kier molecular flexibility index (Phi) is 4.20. The van der Waals surface area contributed by atoms with E-state index in [-0.39, 0.29) is 18.0 Å². The van der Waals surface area contributed by atoms with Gasteiger partial charge >= 0.3 is 5.69 Å². The molecule has 2 aromatic heterocycles. The molecule has 0 amide bonds. The van der Waals surface area contributed by atoms with Gasteiger partial charge in [0.15, 0.2) is 5.78 Å². The summed E-state index contributed by atoms with van der Waals surface area (Å²) in [6, 6.07) is 12.0. The van der Waals surface area contributed by atoms with Gasteiger partial charge in [-0.15, -0.1) is 0 Å². The predicted molar refractivity (Wildman–Crippen MR) is 91.2 cm³/mol. The molecule has 3 aromatic rings. The van der Waals surface area contributed by atoms with Crippen LogP contribution in [0.25, 0.3) is 0 Å². The molecule has 3 rings (SSSR count). The van der Waals surface area contributed by atoms with Crippen LogP contribution in [0.1, 0.15) is 27.3 Å². The monoisotopic (exact) mass is 324 g/mol. The Hall–Kier alpha value is -2.89. The molecule has 0 bridgehead atoms. The summed E-state index contributed by atoms with van der Waals surface area (Å²) >= 11 is 0. The van der Waals surface area contributed by atoms with Crippen LogP contribution in [0.15, 0.2) is 47.5 Å². The highest BCUT2D eigenvalue weighted by Gasteiger charge is 2.17. The second-order valence-corrected chi connectivity index (χ2v) is 5.94. The molecule has 124 valence electrons. The van der Waals surface area contributed by atoms with Crippen molar-refractivity contribution in [3.05, 3.63) is 75.7 Å². The lowest BCUT2D eigenvalue weighted by Gasteiger charge is -2.10. The van der Waals surface area contributed by atoms with Crippen molar-refractivity contribution in [2.45, 2.75) is 26.9 Å². The third-order valence-corrected chi connectivity index (χ3v) is 4.26. The lowest BCUT2D eigenvalue weighted by Crippen LogP contribution is -2.25. The first kappa shape index (κ1) is 16.0. The second-order valence-electron chi connectivity index (χ2n) is 5.94. The van der Waals surface area contributed by atoms with Crippen LogP contribution >= 0.6 is 0 Å². The van der Waals surface area contributed by atoms with Crippen molar-refractivity contribution in [1.82, 2.24) is 18.9 Å². The van der Waals surface area contributed by atoms with E-state index < -0.39 is 0 Å². The van der Waals surface area contributed by atoms with E-state index >= 15 is 0 Å². The third kappa shape index (κ3) is 2.95. The van der Waals surface area contributed by atoms with Crippen LogP contribution in [0.4, 0.5) is 0 Å². The van der Waals surface area contributed by atoms with Crippen LogP contribution in [-0.2, 0) is 20.1 Å². The van der Waals surface area contributed by atoms with Crippen LogP contribution in [0.5, 0.6) is 0 Å². The molecule has 0 radical (unpaired) electrons. The van der Waals surface area contributed by atoms with Gasteiger partial charge in [0, 0.05) is 30.5 Å². The van der Waals surface area contributed by atoms with E-state index in [2.05, 4.69) is 21.8 Å². The number of Topliss-reactive ketones (excluding diaryl/α,β-unsaturated/α-hetero) is 1. The number of carbonyl (C=O) groups excluding carboxylic acids is 1. The summed E-state index contributed by atoms with van der Waals surface area (Å²) in [5.41, 5.74) is 3.49. The Morgan fingerprint density at radius 3 is 2.50 bits per heavy atom. The number of rotatable bonds is 5. The van der Waals surface area contributed by atoms with E-state index in [1.807, 2.05) is 38.1 Å². The minimum atomic E-state index is -0.290. The molecule has 2 heterocycles. The molecule has 0 aliphatic rings. The number of hydrogen-bond donors (Lipinski definition) is 0. The summed E-state index contributed by atoms with van der Waals surface area (Å²) in [6.07, 6.45) is 1.39. The summed E-state index contributed by atoms with van der Waals surface area (Å²) in [4.78, 5) is 24.4. The van der Waals surface area contributed by atoms with Gasteiger partial charge in [-0.1, -0.05) is 30.3 Å². The van der Waals surface area contributed by atoms with E-state index in [0.29, 0.717) is 5.56 Å². The highest BCUT2D eigenvalue weighted by molar-refractivity contribution is 5.97. The Bertz CT molecular complexity index is 932. The zero-order chi connectivity index (χ0) is 17.3. The summed E-state index contributed by atoms with van der Waals surface area (Å²) in [5, 5.41) is 3.87. The molecule has 0 aliphatic heterocycles. The van der Waals surface area contributed by atoms with Crippen LogP contribution in [-0.4, -0.2) is 24.7 Å². The molecule has 0 fully saturated rings. The van der Waals surface area contributed by atoms with Crippen molar-refractivity contribution in [2.75, 3.05) is 0 Å². The molecule has 0 saturated carbocycles. The van der Waals surface area contributed by atoms with E-state index in [1.54, 1.807) is 7.05 Å². The van der Waals surface area contributed by atoms with Crippen molar-refractivity contribution < 1.29 is 4.79 Å². The summed E-state index contributed by atoms with van der Waals surface area (Å²) in [7, 11) is 1.56. The van der Waals surface area contributed by atoms with Crippen LogP contribution in [0.3, 0.4) is 0 Å². The Labute approximate surface area is 140 Å². The van der Waals surface area contributed by atoms with Crippen molar-refractivity contribution in [3.63, 3.8) is 0 Å². The third-order valence-electron chi connectivity index (χ3n) is 4.26. The van der Waals surface area contributed by atoms with Gasteiger partial charge in [-0.3, -0.25) is 9.36 Å². The minimum absolute atomic E-state index is 0.00229. The van der Waals surface area contributed by atoms with Crippen LogP contribution < -0.4 is 5.69 Å². The van der Waals surface area contributed by atoms with Gasteiger partial charge in [0.2, 0.25) is 0 Å². The van der Waals surface area contributed by atoms with E-state index in [1.165, 1.54) is 21.1 Å². The number of hydrogen-bond acceptors (Lipinski definition) is 3. The molecule has 24 heavy (non-hydrogen) atoms. The van der Waals surface area contributed by atoms with Gasteiger partial charge in [-0.25, -0.2) is 9.48 Å². The second kappa shape index (κ2) is 6.31. The van der Waals surface area contributed by atoms with Crippen molar-refractivity contribution in [2.24, 2.45) is 7.05 Å². The SMILES string of the molecule is Cc1cc(C(=O)Cn2cnn(C)c2=O)c(C)n1Cc1ccccc1. The van der Waals surface area contributed by atoms with Crippen LogP contribution in [0.2, 0.25) is 0 Å². The van der Waals surface area contributed by atoms with E-state index in [0.717, 1.165) is 17.9 Å². The lowest BCUT2D eigenvalue weighted by molar-refractivity contribution is 0.0970. The van der Waals surface area contributed by atoms with Gasteiger partial charge in [0.25, 0.3) is 0 Å². The zero-order valence-corrected chi connectivity index (χ0v) is 14.1.